The second kappa shape index (κ2) is 5.79. The lowest BCUT2D eigenvalue weighted by molar-refractivity contribution is 0.102. The van der Waals surface area contributed by atoms with Gasteiger partial charge >= 0.3 is 0 Å². The summed E-state index contributed by atoms with van der Waals surface area (Å²) in [5.74, 6) is -0.943. The van der Waals surface area contributed by atoms with Crippen LogP contribution < -0.4 is 10.1 Å². The number of carbonyl (C=O) groups is 1. The minimum atomic E-state index is -0.594. The van der Waals surface area contributed by atoms with Crippen LogP contribution in [0.15, 0.2) is 36.4 Å². The average Bonchev–Trinajstić information content (AvgIpc) is 2.37. The standard InChI is InChI=1S/C14H11ClFNO3/c1-20-11-2-3-13(18)12(7-11)14(19)17-10-5-8(15)4-9(16)6-10/h2-7,18H,1H3,(H,17,19). The van der Waals surface area contributed by atoms with E-state index in [9.17, 15) is 14.3 Å². The number of phenols is 1. The molecule has 2 N–H and O–H groups in total. The quantitative estimate of drug-likeness (QED) is 0.912. The Labute approximate surface area is 119 Å². The average molecular weight is 296 g/mol. The van der Waals surface area contributed by atoms with Gasteiger partial charge in [-0.1, -0.05) is 11.6 Å². The van der Waals surface area contributed by atoms with Gasteiger partial charge in [-0.25, -0.2) is 4.39 Å². The van der Waals surface area contributed by atoms with E-state index in [-0.39, 0.29) is 22.0 Å². The van der Waals surface area contributed by atoms with Crippen molar-refractivity contribution in [2.24, 2.45) is 0 Å². The van der Waals surface area contributed by atoms with E-state index in [4.69, 9.17) is 16.3 Å². The van der Waals surface area contributed by atoms with E-state index in [0.29, 0.717) is 5.75 Å². The van der Waals surface area contributed by atoms with Gasteiger partial charge in [0.2, 0.25) is 0 Å². The fourth-order valence-electron chi connectivity index (χ4n) is 1.65. The Balaban J connectivity index is 2.27. The molecule has 0 aliphatic heterocycles. The van der Waals surface area contributed by atoms with E-state index in [1.165, 1.54) is 31.4 Å². The SMILES string of the molecule is COc1ccc(O)c(C(=O)Nc2cc(F)cc(Cl)c2)c1. The van der Waals surface area contributed by atoms with Crippen LogP contribution >= 0.6 is 11.6 Å². The molecule has 4 nitrogen and oxygen atoms in total. The number of ether oxygens (including phenoxy) is 1. The number of benzene rings is 2. The van der Waals surface area contributed by atoms with Gasteiger partial charge in [0.1, 0.15) is 17.3 Å². The molecule has 0 radical (unpaired) electrons. The fraction of sp³-hybridized carbons (Fsp3) is 0.0714. The maximum atomic E-state index is 13.2. The second-order valence-corrected chi connectivity index (χ2v) is 4.43. The van der Waals surface area contributed by atoms with E-state index in [1.54, 1.807) is 0 Å². The molecule has 0 saturated heterocycles. The van der Waals surface area contributed by atoms with E-state index in [0.717, 1.165) is 12.1 Å². The molecule has 2 rings (SSSR count). The smallest absolute Gasteiger partial charge is 0.259 e. The van der Waals surface area contributed by atoms with E-state index >= 15 is 0 Å². The number of aromatic hydroxyl groups is 1. The van der Waals surface area contributed by atoms with Crippen LogP contribution in [0, 0.1) is 5.82 Å². The van der Waals surface area contributed by atoms with Crippen LogP contribution in [0.5, 0.6) is 11.5 Å². The number of rotatable bonds is 3. The van der Waals surface area contributed by atoms with Crippen molar-refractivity contribution in [1.82, 2.24) is 0 Å². The van der Waals surface area contributed by atoms with Crippen LogP contribution in [0.4, 0.5) is 10.1 Å². The Hall–Kier alpha value is -2.27. The first-order valence-corrected chi connectivity index (χ1v) is 6.02. The highest BCUT2D eigenvalue weighted by atomic mass is 35.5. The molecule has 0 aliphatic rings. The van der Waals surface area contributed by atoms with Gasteiger partial charge in [0.15, 0.2) is 0 Å². The van der Waals surface area contributed by atoms with Gasteiger partial charge in [-0.3, -0.25) is 4.79 Å². The number of hydrogen-bond donors (Lipinski definition) is 2. The zero-order valence-corrected chi connectivity index (χ0v) is 11.2. The fourth-order valence-corrected chi connectivity index (χ4v) is 1.87. The predicted octanol–water partition coefficient (Wildman–Crippen LogP) is 3.45. The van der Waals surface area contributed by atoms with E-state index in [1.807, 2.05) is 0 Å². The molecule has 20 heavy (non-hydrogen) atoms. The van der Waals surface area contributed by atoms with Crippen molar-refractivity contribution in [3.05, 3.63) is 52.8 Å². The Morgan fingerprint density at radius 2 is 2.05 bits per heavy atom. The Kier molecular flexibility index (Phi) is 4.10. The van der Waals surface area contributed by atoms with Crippen molar-refractivity contribution in [1.29, 1.82) is 0 Å². The van der Waals surface area contributed by atoms with Gasteiger partial charge in [-0.15, -0.1) is 0 Å². The zero-order chi connectivity index (χ0) is 14.7. The van der Waals surface area contributed by atoms with Crippen LogP contribution in [0.2, 0.25) is 5.02 Å². The van der Waals surface area contributed by atoms with Crippen molar-refractivity contribution < 1.29 is 19.0 Å². The maximum absolute atomic E-state index is 13.2. The molecule has 0 atom stereocenters. The van der Waals surface area contributed by atoms with Crippen molar-refractivity contribution >= 4 is 23.2 Å². The van der Waals surface area contributed by atoms with Gasteiger partial charge in [0.25, 0.3) is 5.91 Å². The van der Waals surface area contributed by atoms with Crippen LogP contribution in [0.1, 0.15) is 10.4 Å². The minimum Gasteiger partial charge on any atom is -0.507 e. The number of hydrogen-bond acceptors (Lipinski definition) is 3. The number of anilines is 1. The predicted molar refractivity (Wildman–Crippen MR) is 74.0 cm³/mol. The lowest BCUT2D eigenvalue weighted by Gasteiger charge is -2.09. The molecule has 0 unspecified atom stereocenters. The molecule has 1 amide bonds. The molecular formula is C14H11ClFNO3. The van der Waals surface area contributed by atoms with Crippen molar-refractivity contribution in [2.45, 2.75) is 0 Å². The highest BCUT2D eigenvalue weighted by Crippen LogP contribution is 2.25. The number of carbonyl (C=O) groups excluding carboxylic acids is 1. The van der Waals surface area contributed by atoms with E-state index in [2.05, 4.69) is 5.32 Å². The molecule has 104 valence electrons. The van der Waals surface area contributed by atoms with Gasteiger partial charge < -0.3 is 15.2 Å². The number of methoxy groups -OCH3 is 1. The molecule has 6 heteroatoms. The van der Waals surface area contributed by atoms with E-state index < -0.39 is 11.7 Å². The Bertz CT molecular complexity index is 641. The first-order chi connectivity index (χ1) is 9.49. The second-order valence-electron chi connectivity index (χ2n) is 4.00. The van der Waals surface area contributed by atoms with Gasteiger partial charge in [0.05, 0.1) is 12.7 Å². The first kappa shape index (κ1) is 14.1. The van der Waals surface area contributed by atoms with Gasteiger partial charge in [-0.2, -0.15) is 0 Å². The largest absolute Gasteiger partial charge is 0.507 e. The van der Waals surface area contributed by atoms with Crippen molar-refractivity contribution in [2.75, 3.05) is 12.4 Å². The summed E-state index contributed by atoms with van der Waals surface area (Å²) in [7, 11) is 1.44. The molecule has 0 spiro atoms. The zero-order valence-electron chi connectivity index (χ0n) is 10.5. The third-order valence-corrected chi connectivity index (χ3v) is 2.79. The number of nitrogens with one attached hydrogen (secondary N) is 1. The molecule has 0 aromatic heterocycles. The molecule has 0 fully saturated rings. The lowest BCUT2D eigenvalue weighted by atomic mass is 10.1. The molecule has 2 aromatic carbocycles. The molecular weight excluding hydrogens is 285 g/mol. The first-order valence-electron chi connectivity index (χ1n) is 5.64. The monoisotopic (exact) mass is 295 g/mol. The van der Waals surface area contributed by atoms with Gasteiger partial charge in [-0.05, 0) is 36.4 Å². The lowest BCUT2D eigenvalue weighted by Crippen LogP contribution is -2.12. The highest BCUT2D eigenvalue weighted by molar-refractivity contribution is 6.31. The van der Waals surface area contributed by atoms with Crippen LogP contribution in [-0.2, 0) is 0 Å². The summed E-state index contributed by atoms with van der Waals surface area (Å²) in [6, 6.07) is 7.89. The Morgan fingerprint density at radius 1 is 1.30 bits per heavy atom. The third kappa shape index (κ3) is 3.19. The number of halogens is 2. The molecule has 0 bridgehead atoms. The summed E-state index contributed by atoms with van der Waals surface area (Å²) in [6.07, 6.45) is 0. The Morgan fingerprint density at radius 3 is 2.70 bits per heavy atom. The number of amides is 1. The third-order valence-electron chi connectivity index (χ3n) is 2.57. The van der Waals surface area contributed by atoms with Crippen molar-refractivity contribution in [3.8, 4) is 11.5 Å². The molecule has 0 heterocycles. The topological polar surface area (TPSA) is 58.6 Å². The maximum Gasteiger partial charge on any atom is 0.259 e. The highest BCUT2D eigenvalue weighted by Gasteiger charge is 2.13. The molecule has 2 aromatic rings. The van der Waals surface area contributed by atoms with Crippen LogP contribution in [-0.4, -0.2) is 18.1 Å². The normalized spacial score (nSPS) is 10.2. The summed E-state index contributed by atoms with van der Waals surface area (Å²) in [5.41, 5.74) is 0.215. The number of phenolic OH excluding ortho intramolecular Hbond substituents is 1. The van der Waals surface area contributed by atoms with Crippen molar-refractivity contribution in [3.63, 3.8) is 0 Å². The van der Waals surface area contributed by atoms with Crippen LogP contribution in [0.25, 0.3) is 0 Å². The summed E-state index contributed by atoms with van der Waals surface area (Å²) < 4.78 is 18.1. The summed E-state index contributed by atoms with van der Waals surface area (Å²) in [4.78, 5) is 12.0. The van der Waals surface area contributed by atoms with Crippen LogP contribution in [0.3, 0.4) is 0 Å². The summed E-state index contributed by atoms with van der Waals surface area (Å²) >= 11 is 5.70. The molecule has 0 aliphatic carbocycles. The minimum absolute atomic E-state index is 0.0183. The molecule has 0 saturated carbocycles. The van der Waals surface area contributed by atoms with Gasteiger partial charge in [0, 0.05) is 10.7 Å². The summed E-state index contributed by atoms with van der Waals surface area (Å²) in [5, 5.41) is 12.3. The summed E-state index contributed by atoms with van der Waals surface area (Å²) in [6.45, 7) is 0.